The molecule has 16 heavy (non-hydrogen) atoms. The van der Waals surface area contributed by atoms with E-state index in [2.05, 4.69) is 17.1 Å². The van der Waals surface area contributed by atoms with Gasteiger partial charge >= 0.3 is 0 Å². The van der Waals surface area contributed by atoms with Crippen LogP contribution in [0.15, 0.2) is 4.52 Å². The molecule has 0 aliphatic carbocycles. The van der Waals surface area contributed by atoms with Gasteiger partial charge in [-0.05, 0) is 12.8 Å². The number of rotatable bonds is 8. The van der Waals surface area contributed by atoms with E-state index >= 15 is 0 Å². The monoisotopic (exact) mass is 227 g/mol. The van der Waals surface area contributed by atoms with Crippen LogP contribution in [0.1, 0.15) is 37.9 Å². The van der Waals surface area contributed by atoms with Crippen LogP contribution >= 0.6 is 0 Å². The summed E-state index contributed by atoms with van der Waals surface area (Å²) in [5.74, 6) is 1.39. The third-order valence-electron chi connectivity index (χ3n) is 2.36. The summed E-state index contributed by atoms with van der Waals surface area (Å²) in [6.07, 6.45) is 4.44. The van der Waals surface area contributed by atoms with E-state index in [0.717, 1.165) is 38.1 Å². The first kappa shape index (κ1) is 13.1. The normalized spacial score (nSPS) is 12.9. The largest absolute Gasteiger partial charge is 0.385 e. The van der Waals surface area contributed by atoms with Crippen LogP contribution in [0.3, 0.4) is 0 Å². The molecule has 2 N–H and O–H groups in total. The first-order chi connectivity index (χ1) is 7.76. The van der Waals surface area contributed by atoms with Gasteiger partial charge in [-0.1, -0.05) is 18.5 Å². The number of aryl methyl sites for hydroxylation is 1. The van der Waals surface area contributed by atoms with E-state index < -0.39 is 0 Å². The van der Waals surface area contributed by atoms with Crippen molar-refractivity contribution in [1.82, 2.24) is 10.1 Å². The van der Waals surface area contributed by atoms with Gasteiger partial charge in [0.15, 0.2) is 5.82 Å². The predicted octanol–water partition coefficient (Wildman–Crippen LogP) is 1.32. The van der Waals surface area contributed by atoms with Crippen molar-refractivity contribution < 1.29 is 9.26 Å². The van der Waals surface area contributed by atoms with Gasteiger partial charge in [-0.3, -0.25) is 0 Å². The minimum absolute atomic E-state index is 0.122. The quantitative estimate of drug-likeness (QED) is 0.678. The number of ether oxygens (including phenoxy) is 1. The van der Waals surface area contributed by atoms with Crippen molar-refractivity contribution in [2.75, 3.05) is 13.7 Å². The van der Waals surface area contributed by atoms with Crippen LogP contribution in [0.2, 0.25) is 0 Å². The molecule has 0 aliphatic heterocycles. The highest BCUT2D eigenvalue weighted by Gasteiger charge is 2.10. The molecule has 92 valence electrons. The molecule has 0 saturated heterocycles. The molecule has 0 bridgehead atoms. The molecule has 1 atom stereocenters. The first-order valence-electron chi connectivity index (χ1n) is 5.82. The highest BCUT2D eigenvalue weighted by Crippen LogP contribution is 2.05. The lowest BCUT2D eigenvalue weighted by atomic mass is 10.1. The second-order valence-corrected chi connectivity index (χ2v) is 3.95. The minimum Gasteiger partial charge on any atom is -0.385 e. The van der Waals surface area contributed by atoms with Crippen molar-refractivity contribution in [2.45, 2.75) is 45.1 Å². The van der Waals surface area contributed by atoms with Crippen LogP contribution in [-0.2, 0) is 17.6 Å². The Labute approximate surface area is 96.4 Å². The Bertz CT molecular complexity index is 289. The molecule has 0 aromatic carbocycles. The van der Waals surface area contributed by atoms with Gasteiger partial charge in [0, 0.05) is 32.6 Å². The van der Waals surface area contributed by atoms with E-state index in [0.29, 0.717) is 12.3 Å². The van der Waals surface area contributed by atoms with Gasteiger partial charge in [-0.15, -0.1) is 0 Å². The van der Waals surface area contributed by atoms with E-state index in [4.69, 9.17) is 15.0 Å². The molecular formula is C11H21N3O2. The minimum atomic E-state index is 0.122. The molecule has 0 radical (unpaired) electrons. The Hall–Kier alpha value is -0.940. The van der Waals surface area contributed by atoms with Crippen LogP contribution in [-0.4, -0.2) is 29.9 Å². The fourth-order valence-corrected chi connectivity index (χ4v) is 1.55. The average Bonchev–Trinajstić information content (AvgIpc) is 2.66. The summed E-state index contributed by atoms with van der Waals surface area (Å²) in [5, 5.41) is 3.90. The topological polar surface area (TPSA) is 74.2 Å². The lowest BCUT2D eigenvalue weighted by molar-refractivity contribution is 0.194. The summed E-state index contributed by atoms with van der Waals surface area (Å²) in [4.78, 5) is 4.29. The number of nitrogens with two attached hydrogens (primary N) is 1. The van der Waals surface area contributed by atoms with Crippen molar-refractivity contribution in [3.63, 3.8) is 0 Å². The zero-order valence-corrected chi connectivity index (χ0v) is 10.1. The van der Waals surface area contributed by atoms with Crippen LogP contribution in [0.5, 0.6) is 0 Å². The Morgan fingerprint density at radius 2 is 2.31 bits per heavy atom. The number of nitrogens with zero attached hydrogens (tertiary/aromatic N) is 2. The van der Waals surface area contributed by atoms with Gasteiger partial charge in [-0.25, -0.2) is 0 Å². The van der Waals surface area contributed by atoms with E-state index in [1.54, 1.807) is 7.11 Å². The summed E-state index contributed by atoms with van der Waals surface area (Å²) in [5.41, 5.74) is 5.90. The third kappa shape index (κ3) is 4.72. The lowest BCUT2D eigenvalue weighted by Crippen LogP contribution is -2.22. The van der Waals surface area contributed by atoms with Gasteiger partial charge in [0.05, 0.1) is 0 Å². The van der Waals surface area contributed by atoms with Gasteiger partial charge in [0.1, 0.15) is 0 Å². The van der Waals surface area contributed by atoms with Crippen molar-refractivity contribution in [2.24, 2.45) is 5.73 Å². The van der Waals surface area contributed by atoms with E-state index in [-0.39, 0.29) is 6.04 Å². The highest BCUT2D eigenvalue weighted by atomic mass is 16.5. The molecule has 1 heterocycles. The summed E-state index contributed by atoms with van der Waals surface area (Å²) in [6, 6.07) is 0.122. The van der Waals surface area contributed by atoms with Crippen LogP contribution in [0.4, 0.5) is 0 Å². The zero-order valence-electron chi connectivity index (χ0n) is 10.1. The van der Waals surface area contributed by atoms with Gasteiger partial charge in [0.25, 0.3) is 0 Å². The molecule has 0 fully saturated rings. The molecule has 1 unspecified atom stereocenters. The smallest absolute Gasteiger partial charge is 0.228 e. The lowest BCUT2D eigenvalue weighted by Gasteiger charge is -2.05. The fourth-order valence-electron chi connectivity index (χ4n) is 1.55. The fraction of sp³-hybridized carbons (Fsp3) is 0.818. The van der Waals surface area contributed by atoms with Crippen molar-refractivity contribution in [3.8, 4) is 0 Å². The molecule has 0 spiro atoms. The molecule has 1 aromatic rings. The van der Waals surface area contributed by atoms with E-state index in [1.165, 1.54) is 0 Å². The highest BCUT2D eigenvalue weighted by molar-refractivity contribution is 4.89. The maximum Gasteiger partial charge on any atom is 0.228 e. The Balaban J connectivity index is 2.33. The van der Waals surface area contributed by atoms with Crippen molar-refractivity contribution >= 4 is 0 Å². The van der Waals surface area contributed by atoms with Crippen molar-refractivity contribution in [3.05, 3.63) is 11.7 Å². The molecule has 1 aromatic heterocycles. The van der Waals surface area contributed by atoms with E-state index in [1.807, 2.05) is 0 Å². The number of methoxy groups -OCH3 is 1. The number of hydrogen-bond acceptors (Lipinski definition) is 5. The summed E-state index contributed by atoms with van der Waals surface area (Å²) in [6.45, 7) is 2.84. The number of aromatic nitrogens is 2. The molecule has 0 amide bonds. The average molecular weight is 227 g/mol. The SMILES string of the molecule is CCCC(N)Cc1nc(CCCOC)no1. The molecule has 5 heteroatoms. The summed E-state index contributed by atoms with van der Waals surface area (Å²) in [7, 11) is 1.69. The second kappa shape index (κ2) is 7.35. The first-order valence-corrected chi connectivity index (χ1v) is 5.82. The molecule has 5 nitrogen and oxygen atoms in total. The van der Waals surface area contributed by atoms with Gasteiger partial charge in [0.2, 0.25) is 5.89 Å². The maximum absolute atomic E-state index is 5.90. The van der Waals surface area contributed by atoms with Crippen LogP contribution in [0.25, 0.3) is 0 Å². The molecule has 0 aliphatic rings. The van der Waals surface area contributed by atoms with Gasteiger partial charge in [-0.2, -0.15) is 4.98 Å². The standard InChI is InChI=1S/C11H21N3O2/c1-3-5-9(12)8-11-13-10(14-16-11)6-4-7-15-2/h9H,3-8,12H2,1-2H3. The maximum atomic E-state index is 5.90. The summed E-state index contributed by atoms with van der Waals surface area (Å²) >= 11 is 0. The molecular weight excluding hydrogens is 206 g/mol. The Morgan fingerprint density at radius 3 is 3.00 bits per heavy atom. The van der Waals surface area contributed by atoms with Gasteiger partial charge < -0.3 is 15.0 Å². The van der Waals surface area contributed by atoms with E-state index in [9.17, 15) is 0 Å². The predicted molar refractivity (Wildman–Crippen MR) is 61.1 cm³/mol. The van der Waals surface area contributed by atoms with Crippen LogP contribution in [0, 0.1) is 0 Å². The number of hydrogen-bond donors (Lipinski definition) is 1. The summed E-state index contributed by atoms with van der Waals surface area (Å²) < 4.78 is 10.1. The zero-order chi connectivity index (χ0) is 11.8. The Morgan fingerprint density at radius 1 is 1.50 bits per heavy atom. The second-order valence-electron chi connectivity index (χ2n) is 3.95. The van der Waals surface area contributed by atoms with Crippen LogP contribution < -0.4 is 5.73 Å². The molecule has 0 saturated carbocycles. The Kier molecular flexibility index (Phi) is 6.03. The molecule has 1 rings (SSSR count). The third-order valence-corrected chi connectivity index (χ3v) is 2.36. The van der Waals surface area contributed by atoms with Crippen molar-refractivity contribution in [1.29, 1.82) is 0 Å².